The van der Waals surface area contributed by atoms with Gasteiger partial charge in [0, 0.05) is 65.6 Å². The maximum Gasteiger partial charge on any atom is 0.255 e. The number of aromatic amines is 1. The first-order valence-electron chi connectivity index (χ1n) is 15.2. The Kier molecular flexibility index (Phi) is 7.37. The number of aryl methyl sites for hydroxylation is 1. The molecular weight excluding hydrogens is 562 g/mol. The van der Waals surface area contributed by atoms with Gasteiger partial charge in [-0.05, 0) is 99.3 Å². The minimum atomic E-state index is -0.548. The summed E-state index contributed by atoms with van der Waals surface area (Å²) in [6.45, 7) is 6.12. The van der Waals surface area contributed by atoms with Crippen LogP contribution in [0.5, 0.6) is 0 Å². The maximum absolute atomic E-state index is 15.6. The van der Waals surface area contributed by atoms with Crippen LogP contribution >= 0.6 is 0 Å². The van der Waals surface area contributed by atoms with Crippen molar-refractivity contribution in [2.24, 2.45) is 0 Å². The fourth-order valence-electron chi connectivity index (χ4n) is 6.86. The van der Waals surface area contributed by atoms with Gasteiger partial charge in [-0.2, -0.15) is 0 Å². The Morgan fingerprint density at radius 2 is 1.80 bits per heavy atom. The Labute approximate surface area is 254 Å². The number of halogens is 2. The normalized spacial score (nSPS) is 18.1. The summed E-state index contributed by atoms with van der Waals surface area (Å²) in [5, 5.41) is 5.57. The predicted molar refractivity (Wildman–Crippen MR) is 166 cm³/mol. The quantitative estimate of drug-likeness (QED) is 0.247. The van der Waals surface area contributed by atoms with E-state index in [2.05, 4.69) is 30.4 Å². The molecule has 4 aromatic rings. The molecule has 8 nitrogen and oxygen atoms in total. The molecule has 3 aliphatic heterocycles. The van der Waals surface area contributed by atoms with Crippen molar-refractivity contribution in [3.8, 4) is 22.5 Å². The third-order valence-corrected chi connectivity index (χ3v) is 8.96. The van der Waals surface area contributed by atoms with Gasteiger partial charge in [0.25, 0.3) is 11.8 Å². The highest BCUT2D eigenvalue weighted by Gasteiger charge is 2.30. The molecule has 0 bridgehead atoms. The summed E-state index contributed by atoms with van der Waals surface area (Å²) in [4.78, 5) is 38.2. The summed E-state index contributed by atoms with van der Waals surface area (Å²) in [7, 11) is 0. The van der Waals surface area contributed by atoms with E-state index in [0.717, 1.165) is 44.7 Å². The van der Waals surface area contributed by atoms with E-state index in [-0.39, 0.29) is 29.7 Å². The van der Waals surface area contributed by atoms with Gasteiger partial charge in [0.2, 0.25) is 0 Å². The van der Waals surface area contributed by atoms with Crippen molar-refractivity contribution in [3.05, 3.63) is 88.7 Å². The van der Waals surface area contributed by atoms with Crippen LogP contribution in [0.3, 0.4) is 0 Å². The lowest BCUT2D eigenvalue weighted by molar-refractivity contribution is 0.0965. The number of benzene rings is 3. The highest BCUT2D eigenvalue weighted by Crippen LogP contribution is 2.37. The van der Waals surface area contributed by atoms with Gasteiger partial charge in [-0.1, -0.05) is 6.07 Å². The number of hydrogen-bond acceptors (Lipinski definition) is 5. The SMILES string of the molecule is Cc1cnc(-c2ccc(-c3ccc(NC(=O)c4cc(F)cc(N5CCC[C@H]5CN5CCCC5)c4)cc3F)c3c2C(=O)NC3)[nH]1. The Bertz CT molecular complexity index is 1760. The van der Waals surface area contributed by atoms with E-state index in [1.165, 1.54) is 31.0 Å². The van der Waals surface area contributed by atoms with E-state index in [1.807, 2.05) is 6.92 Å². The lowest BCUT2D eigenvalue weighted by atomic mass is 9.92. The van der Waals surface area contributed by atoms with Gasteiger partial charge < -0.3 is 25.4 Å². The molecule has 0 spiro atoms. The zero-order chi connectivity index (χ0) is 30.4. The fourth-order valence-corrected chi connectivity index (χ4v) is 6.86. The molecule has 7 rings (SSSR count). The van der Waals surface area contributed by atoms with E-state index < -0.39 is 17.5 Å². The second-order valence-corrected chi connectivity index (χ2v) is 12.0. The fraction of sp³-hybridized carbons (Fsp3) is 0.324. The van der Waals surface area contributed by atoms with Crippen molar-refractivity contribution in [3.63, 3.8) is 0 Å². The number of H-pyrrole nitrogens is 1. The number of fused-ring (bicyclic) bond motifs is 1. The van der Waals surface area contributed by atoms with Crippen molar-refractivity contribution in [2.45, 2.75) is 45.2 Å². The number of likely N-dealkylation sites (tertiary alicyclic amines) is 1. The zero-order valence-electron chi connectivity index (χ0n) is 24.6. The molecule has 2 fully saturated rings. The second kappa shape index (κ2) is 11.5. The lowest BCUT2D eigenvalue weighted by Crippen LogP contribution is -2.39. The largest absolute Gasteiger partial charge is 0.367 e. The van der Waals surface area contributed by atoms with E-state index in [1.54, 1.807) is 36.5 Å². The molecular formula is C34H34F2N6O2. The number of nitrogens with one attached hydrogen (secondary N) is 3. The van der Waals surface area contributed by atoms with Gasteiger partial charge in [0.05, 0.1) is 5.56 Å². The molecule has 0 saturated carbocycles. The standard InChI is InChI=1S/C34H34F2N6O2/c1-20-17-37-32(39-20)28-9-8-26(29-18-38-34(44)31(28)29)27-7-6-23(16-30(27)36)40-33(43)21-13-22(35)15-25(14-21)42-12-4-5-24(42)19-41-10-2-3-11-41/h6-9,13-17,24H,2-5,10-12,18-19H2,1H3,(H,37,39)(H,38,44)(H,40,43)/t24-/m0/s1. The van der Waals surface area contributed by atoms with Crippen molar-refractivity contribution < 1.29 is 18.4 Å². The van der Waals surface area contributed by atoms with Crippen molar-refractivity contribution in [2.75, 3.05) is 36.4 Å². The highest BCUT2D eigenvalue weighted by atomic mass is 19.1. The van der Waals surface area contributed by atoms with E-state index in [0.29, 0.717) is 39.3 Å². The minimum absolute atomic E-state index is 0.183. The minimum Gasteiger partial charge on any atom is -0.367 e. The summed E-state index contributed by atoms with van der Waals surface area (Å²) in [6, 6.07) is 12.7. The maximum atomic E-state index is 15.6. The molecule has 44 heavy (non-hydrogen) atoms. The number of anilines is 2. The summed E-state index contributed by atoms with van der Waals surface area (Å²) >= 11 is 0. The van der Waals surface area contributed by atoms with Crippen LogP contribution < -0.4 is 15.5 Å². The first-order valence-corrected chi connectivity index (χ1v) is 15.2. The Balaban J connectivity index is 1.11. The second-order valence-electron chi connectivity index (χ2n) is 12.0. The summed E-state index contributed by atoms with van der Waals surface area (Å²) in [5.41, 5.74) is 4.71. The molecule has 4 heterocycles. The monoisotopic (exact) mass is 596 g/mol. The summed E-state index contributed by atoms with van der Waals surface area (Å²) in [5.74, 6) is -1.20. The molecule has 1 aromatic heterocycles. The Morgan fingerprint density at radius 3 is 2.57 bits per heavy atom. The molecule has 0 radical (unpaired) electrons. The molecule has 1 atom stereocenters. The Hall–Kier alpha value is -4.57. The third kappa shape index (κ3) is 5.34. The average Bonchev–Trinajstić information content (AvgIpc) is 3.82. The highest BCUT2D eigenvalue weighted by molar-refractivity contribution is 6.06. The smallest absolute Gasteiger partial charge is 0.255 e. The molecule has 10 heteroatoms. The van der Waals surface area contributed by atoms with Crippen molar-refractivity contribution in [1.29, 1.82) is 0 Å². The topological polar surface area (TPSA) is 93.4 Å². The van der Waals surface area contributed by atoms with Gasteiger partial charge >= 0.3 is 0 Å². The van der Waals surface area contributed by atoms with Crippen molar-refractivity contribution in [1.82, 2.24) is 20.2 Å². The van der Waals surface area contributed by atoms with Crippen molar-refractivity contribution >= 4 is 23.2 Å². The van der Waals surface area contributed by atoms with Crippen LogP contribution in [-0.2, 0) is 6.54 Å². The van der Waals surface area contributed by atoms with Gasteiger partial charge in [0.15, 0.2) is 0 Å². The number of carbonyl (C=O) groups excluding carboxylic acids is 2. The zero-order valence-corrected chi connectivity index (χ0v) is 24.6. The molecule has 2 amide bonds. The number of amides is 2. The summed E-state index contributed by atoms with van der Waals surface area (Å²) in [6.07, 6.45) is 6.20. The number of imidazole rings is 1. The van der Waals surface area contributed by atoms with Crippen LogP contribution in [0.4, 0.5) is 20.2 Å². The molecule has 2 saturated heterocycles. The van der Waals surface area contributed by atoms with Gasteiger partial charge in [-0.25, -0.2) is 13.8 Å². The number of hydrogen-bond donors (Lipinski definition) is 3. The van der Waals surface area contributed by atoms with Crippen LogP contribution in [0, 0.1) is 18.6 Å². The number of carbonyl (C=O) groups is 2. The molecule has 0 unspecified atom stereocenters. The molecule has 3 aromatic carbocycles. The van der Waals surface area contributed by atoms with Gasteiger partial charge in [-0.15, -0.1) is 0 Å². The van der Waals surface area contributed by atoms with E-state index in [9.17, 15) is 14.0 Å². The first-order chi connectivity index (χ1) is 21.3. The van der Waals surface area contributed by atoms with Crippen LogP contribution in [0.15, 0.2) is 54.7 Å². The van der Waals surface area contributed by atoms with Crippen LogP contribution in [0.25, 0.3) is 22.5 Å². The first kappa shape index (κ1) is 28.2. The molecule has 0 aliphatic carbocycles. The lowest BCUT2D eigenvalue weighted by Gasteiger charge is -2.30. The van der Waals surface area contributed by atoms with E-state index >= 15 is 4.39 Å². The van der Waals surface area contributed by atoms with Crippen LogP contribution in [-0.4, -0.2) is 58.9 Å². The molecule has 226 valence electrons. The molecule has 3 aliphatic rings. The third-order valence-electron chi connectivity index (χ3n) is 8.96. The Morgan fingerprint density at radius 1 is 1.00 bits per heavy atom. The van der Waals surface area contributed by atoms with Crippen LogP contribution in [0.2, 0.25) is 0 Å². The number of nitrogens with zero attached hydrogens (tertiary/aromatic N) is 3. The van der Waals surface area contributed by atoms with Gasteiger partial charge in [0.1, 0.15) is 17.5 Å². The number of aromatic nitrogens is 2. The molecule has 3 N–H and O–H groups in total. The predicted octanol–water partition coefficient (Wildman–Crippen LogP) is 5.89. The van der Waals surface area contributed by atoms with Gasteiger partial charge in [-0.3, -0.25) is 9.59 Å². The number of rotatable bonds is 7. The summed E-state index contributed by atoms with van der Waals surface area (Å²) < 4.78 is 30.4. The van der Waals surface area contributed by atoms with Crippen LogP contribution in [0.1, 0.15) is 57.7 Å². The average molecular weight is 597 g/mol. The van der Waals surface area contributed by atoms with E-state index in [4.69, 9.17) is 0 Å².